The molecule has 3 heteroatoms. The molecule has 0 aromatic heterocycles. The van der Waals surface area contributed by atoms with E-state index in [-0.39, 0.29) is 0 Å². The molecular formula is C15H23NOS. The predicted octanol–water partition coefficient (Wildman–Crippen LogP) is 3.63. The van der Waals surface area contributed by atoms with Crippen LogP contribution in [-0.4, -0.2) is 25.5 Å². The van der Waals surface area contributed by atoms with Crippen molar-refractivity contribution in [2.45, 2.75) is 43.2 Å². The minimum Gasteiger partial charge on any atom is -0.383 e. The van der Waals surface area contributed by atoms with Gasteiger partial charge in [-0.2, -0.15) is 0 Å². The van der Waals surface area contributed by atoms with Gasteiger partial charge in [0.1, 0.15) is 0 Å². The maximum Gasteiger partial charge on any atom is 0.0616 e. The van der Waals surface area contributed by atoms with Crippen molar-refractivity contribution in [1.29, 1.82) is 0 Å². The van der Waals surface area contributed by atoms with Crippen molar-refractivity contribution in [3.63, 3.8) is 0 Å². The fourth-order valence-electron chi connectivity index (χ4n) is 2.56. The highest BCUT2D eigenvalue weighted by molar-refractivity contribution is 7.99. The third kappa shape index (κ3) is 3.50. The summed E-state index contributed by atoms with van der Waals surface area (Å²) in [7, 11) is 1.79. The predicted molar refractivity (Wildman–Crippen MR) is 78.2 cm³/mol. The second-order valence-corrected chi connectivity index (χ2v) is 5.97. The lowest BCUT2D eigenvalue weighted by atomic mass is 10.0. The van der Waals surface area contributed by atoms with E-state index in [9.17, 15) is 0 Å². The summed E-state index contributed by atoms with van der Waals surface area (Å²) in [5, 5.41) is 3.78. The zero-order chi connectivity index (χ0) is 12.8. The van der Waals surface area contributed by atoms with E-state index in [0.29, 0.717) is 12.1 Å². The van der Waals surface area contributed by atoms with Gasteiger partial charge in [0, 0.05) is 24.1 Å². The molecule has 1 N–H and O–H groups in total. The number of nitrogens with one attached hydrogen (secondary N) is 1. The molecular weight excluding hydrogens is 242 g/mol. The van der Waals surface area contributed by atoms with Gasteiger partial charge in [0.05, 0.1) is 6.61 Å². The highest BCUT2D eigenvalue weighted by atomic mass is 32.2. The minimum atomic E-state index is 0.473. The number of thioether (sulfide) groups is 1. The average molecular weight is 265 g/mol. The van der Waals surface area contributed by atoms with Gasteiger partial charge in [-0.3, -0.25) is 0 Å². The molecule has 0 spiro atoms. The molecule has 2 unspecified atom stereocenters. The van der Waals surface area contributed by atoms with Crippen LogP contribution in [0, 0.1) is 0 Å². The Kier molecular flexibility index (Phi) is 5.54. The van der Waals surface area contributed by atoms with Crippen molar-refractivity contribution in [2.24, 2.45) is 0 Å². The van der Waals surface area contributed by atoms with Gasteiger partial charge < -0.3 is 10.1 Å². The van der Waals surface area contributed by atoms with Crippen LogP contribution in [0.2, 0.25) is 0 Å². The molecule has 1 aromatic rings. The van der Waals surface area contributed by atoms with Gasteiger partial charge in [0.25, 0.3) is 0 Å². The average Bonchev–Trinajstić information content (AvgIpc) is 2.40. The molecule has 2 atom stereocenters. The Bertz CT molecular complexity index is 363. The van der Waals surface area contributed by atoms with Crippen LogP contribution in [0.1, 0.15) is 37.8 Å². The van der Waals surface area contributed by atoms with Gasteiger partial charge in [-0.15, -0.1) is 11.8 Å². The van der Waals surface area contributed by atoms with Crippen LogP contribution in [0.4, 0.5) is 0 Å². The fourth-order valence-corrected chi connectivity index (χ4v) is 3.69. The largest absolute Gasteiger partial charge is 0.383 e. The van der Waals surface area contributed by atoms with Crippen molar-refractivity contribution in [2.75, 3.05) is 19.5 Å². The standard InChI is InChI=1S/C15H23NOS/c1-3-6-12(11-17-2)16-14-9-10-18-15-8-5-4-7-13(14)15/h4-5,7-8,12,14,16H,3,6,9-11H2,1-2H3. The Morgan fingerprint density at radius 1 is 1.44 bits per heavy atom. The Hall–Kier alpha value is -0.510. The molecule has 1 aliphatic rings. The monoisotopic (exact) mass is 265 g/mol. The molecule has 0 aliphatic carbocycles. The maximum absolute atomic E-state index is 5.32. The van der Waals surface area contributed by atoms with E-state index in [0.717, 1.165) is 6.61 Å². The van der Waals surface area contributed by atoms with Crippen LogP contribution < -0.4 is 5.32 Å². The third-order valence-electron chi connectivity index (χ3n) is 3.40. The van der Waals surface area contributed by atoms with Crippen LogP contribution in [-0.2, 0) is 4.74 Å². The fraction of sp³-hybridized carbons (Fsp3) is 0.600. The summed E-state index contributed by atoms with van der Waals surface area (Å²) in [5.74, 6) is 1.21. The number of ether oxygens (including phenoxy) is 1. The molecule has 0 bridgehead atoms. The van der Waals surface area contributed by atoms with Gasteiger partial charge in [0.15, 0.2) is 0 Å². The van der Waals surface area contributed by atoms with Crippen molar-refractivity contribution < 1.29 is 4.74 Å². The van der Waals surface area contributed by atoms with Crippen molar-refractivity contribution >= 4 is 11.8 Å². The van der Waals surface area contributed by atoms with E-state index < -0.39 is 0 Å². The Labute approximate surface area is 114 Å². The lowest BCUT2D eigenvalue weighted by Crippen LogP contribution is -2.37. The van der Waals surface area contributed by atoms with Crippen molar-refractivity contribution in [3.05, 3.63) is 29.8 Å². The molecule has 1 heterocycles. The summed E-state index contributed by atoms with van der Waals surface area (Å²) in [6.45, 7) is 3.04. The molecule has 0 saturated carbocycles. The molecule has 100 valence electrons. The summed E-state index contributed by atoms with van der Waals surface area (Å²) >= 11 is 1.97. The SMILES string of the molecule is CCCC(COC)NC1CCSc2ccccc21. The summed E-state index contributed by atoms with van der Waals surface area (Å²) < 4.78 is 5.32. The van der Waals surface area contributed by atoms with Gasteiger partial charge in [-0.1, -0.05) is 31.5 Å². The summed E-state index contributed by atoms with van der Waals surface area (Å²) in [5.41, 5.74) is 1.46. The molecule has 2 nitrogen and oxygen atoms in total. The number of rotatable bonds is 6. The highest BCUT2D eigenvalue weighted by Gasteiger charge is 2.22. The van der Waals surface area contributed by atoms with Crippen LogP contribution in [0.5, 0.6) is 0 Å². The molecule has 0 saturated heterocycles. The van der Waals surface area contributed by atoms with Gasteiger partial charge in [-0.05, 0) is 30.2 Å². The first-order chi connectivity index (χ1) is 8.85. The second-order valence-electron chi connectivity index (χ2n) is 4.84. The van der Waals surface area contributed by atoms with E-state index in [1.54, 1.807) is 7.11 Å². The van der Waals surface area contributed by atoms with Crippen LogP contribution >= 0.6 is 11.8 Å². The molecule has 1 aromatic carbocycles. The topological polar surface area (TPSA) is 21.3 Å². The van der Waals surface area contributed by atoms with Crippen molar-refractivity contribution in [1.82, 2.24) is 5.32 Å². The van der Waals surface area contributed by atoms with Crippen molar-refractivity contribution in [3.8, 4) is 0 Å². The maximum atomic E-state index is 5.32. The minimum absolute atomic E-state index is 0.473. The van der Waals surface area contributed by atoms with Gasteiger partial charge in [-0.25, -0.2) is 0 Å². The van der Waals surface area contributed by atoms with Crippen LogP contribution in [0.15, 0.2) is 29.2 Å². The quantitative estimate of drug-likeness (QED) is 0.848. The molecule has 18 heavy (non-hydrogen) atoms. The van der Waals surface area contributed by atoms with Gasteiger partial charge in [0.2, 0.25) is 0 Å². The first kappa shape index (κ1) is 13.9. The first-order valence-electron chi connectivity index (χ1n) is 6.81. The summed E-state index contributed by atoms with van der Waals surface area (Å²) in [6.07, 6.45) is 3.59. The smallest absolute Gasteiger partial charge is 0.0616 e. The Balaban J connectivity index is 2.05. The number of hydrogen-bond donors (Lipinski definition) is 1. The highest BCUT2D eigenvalue weighted by Crippen LogP contribution is 2.36. The molecule has 0 radical (unpaired) electrons. The molecule has 2 rings (SSSR count). The van der Waals surface area contributed by atoms with Crippen LogP contribution in [0.3, 0.4) is 0 Å². The summed E-state index contributed by atoms with van der Waals surface area (Å²) in [4.78, 5) is 1.44. The van der Waals surface area contributed by atoms with E-state index in [2.05, 4.69) is 36.5 Å². The van der Waals surface area contributed by atoms with E-state index in [1.165, 1.54) is 35.5 Å². The first-order valence-corrected chi connectivity index (χ1v) is 7.80. The third-order valence-corrected chi connectivity index (χ3v) is 4.52. The lowest BCUT2D eigenvalue weighted by Gasteiger charge is -2.30. The number of fused-ring (bicyclic) bond motifs is 1. The normalized spacial score (nSPS) is 20.4. The number of hydrogen-bond acceptors (Lipinski definition) is 3. The van der Waals surface area contributed by atoms with E-state index in [1.807, 2.05) is 11.8 Å². The summed E-state index contributed by atoms with van der Waals surface area (Å²) in [6, 6.07) is 9.74. The van der Waals surface area contributed by atoms with E-state index in [4.69, 9.17) is 4.74 Å². The second kappa shape index (κ2) is 7.17. The Morgan fingerprint density at radius 2 is 2.28 bits per heavy atom. The van der Waals surface area contributed by atoms with E-state index >= 15 is 0 Å². The zero-order valence-corrected chi connectivity index (χ0v) is 12.1. The molecule has 0 amide bonds. The molecule has 1 aliphatic heterocycles. The Morgan fingerprint density at radius 3 is 3.06 bits per heavy atom. The lowest BCUT2D eigenvalue weighted by molar-refractivity contribution is 0.155. The number of methoxy groups -OCH3 is 1. The van der Waals surface area contributed by atoms with Gasteiger partial charge >= 0.3 is 0 Å². The zero-order valence-electron chi connectivity index (χ0n) is 11.3. The number of benzene rings is 1. The van der Waals surface area contributed by atoms with Crippen LogP contribution in [0.25, 0.3) is 0 Å². The molecule has 0 fully saturated rings.